The summed E-state index contributed by atoms with van der Waals surface area (Å²) in [7, 11) is -1.35. The number of ether oxygens (including phenoxy) is 1. The number of rotatable bonds is 3. The summed E-state index contributed by atoms with van der Waals surface area (Å²) < 4.78 is 29.7. The molecule has 1 aromatic carbocycles. The molecule has 0 unspecified atom stereocenters. The molecule has 5 rings (SSSR count). The van der Waals surface area contributed by atoms with Gasteiger partial charge in [-0.3, -0.25) is 13.9 Å². The first-order valence-corrected chi connectivity index (χ1v) is 11.0. The van der Waals surface area contributed by atoms with Crippen molar-refractivity contribution in [2.75, 3.05) is 43.6 Å². The van der Waals surface area contributed by atoms with E-state index in [0.717, 1.165) is 11.3 Å². The number of fused-ring (bicyclic) bond motifs is 2. The summed E-state index contributed by atoms with van der Waals surface area (Å²) in [5.74, 6) is -0.323. The monoisotopic (exact) mass is 430 g/mol. The summed E-state index contributed by atoms with van der Waals surface area (Å²) in [5.41, 5.74) is 2.97. The van der Waals surface area contributed by atoms with Gasteiger partial charge in [0.05, 0.1) is 35.7 Å². The minimum atomic E-state index is -3.02. The highest BCUT2D eigenvalue weighted by atomic mass is 32.3. The van der Waals surface area contributed by atoms with Gasteiger partial charge in [0.15, 0.2) is 5.65 Å². The van der Waals surface area contributed by atoms with Crippen molar-refractivity contribution in [2.45, 2.75) is 11.4 Å². The van der Waals surface area contributed by atoms with Gasteiger partial charge < -0.3 is 15.0 Å². The number of hydrogen-bond donors (Lipinski definition) is 3. The number of nitrogens with zero attached hydrogens (tertiary/aromatic N) is 5. The Balaban J connectivity index is 1.55. The average molecular weight is 430 g/mol. The molecule has 4 heterocycles. The fourth-order valence-electron chi connectivity index (χ4n) is 3.83. The van der Waals surface area contributed by atoms with Crippen LogP contribution < -0.4 is 10.2 Å². The van der Waals surface area contributed by atoms with Gasteiger partial charge in [0.25, 0.3) is 5.91 Å². The molecule has 0 saturated carbocycles. The minimum absolute atomic E-state index is 0.323. The topological polar surface area (TPSA) is 115 Å². The molecule has 3 N–H and O–H groups in total. The van der Waals surface area contributed by atoms with E-state index in [-0.39, 0.29) is 5.91 Å². The lowest BCUT2D eigenvalue weighted by Crippen LogP contribution is -2.37. The number of anilines is 2. The molecule has 2 aliphatic rings. The Morgan fingerprint density at radius 2 is 2.07 bits per heavy atom. The Kier molecular flexibility index (Phi) is 4.64. The number of morpholine rings is 1. The standard InChI is InChI=1S/C19H22N6O4S/c1-23-12-13-9-15(22-19(26)14-11-21-25-4-2-3-20-18(14)25)16(10-17(13)30(23,27)28)24-5-7-29-8-6-24/h2-4,9-11,27-28H,5-8,12H2,1H3,(H,22,26). The van der Waals surface area contributed by atoms with Gasteiger partial charge in [0.1, 0.15) is 5.56 Å². The second-order valence-electron chi connectivity index (χ2n) is 7.28. The molecule has 30 heavy (non-hydrogen) atoms. The molecule has 0 spiro atoms. The lowest BCUT2D eigenvalue weighted by Gasteiger charge is -2.36. The van der Waals surface area contributed by atoms with Crippen LogP contribution in [-0.4, -0.2) is 67.3 Å². The fourth-order valence-corrected chi connectivity index (χ4v) is 5.23. The van der Waals surface area contributed by atoms with Crippen molar-refractivity contribution in [1.82, 2.24) is 18.9 Å². The lowest BCUT2D eigenvalue weighted by molar-refractivity contribution is 0.102. The number of nitrogens with one attached hydrogen (secondary N) is 1. The smallest absolute Gasteiger partial charge is 0.261 e. The molecule has 0 aliphatic carbocycles. The first-order chi connectivity index (χ1) is 14.4. The fraction of sp³-hybridized carbons (Fsp3) is 0.316. The van der Waals surface area contributed by atoms with Crippen LogP contribution in [0.1, 0.15) is 15.9 Å². The molecule has 10 nitrogen and oxygen atoms in total. The van der Waals surface area contributed by atoms with Crippen molar-refractivity contribution in [3.8, 4) is 0 Å². The maximum absolute atomic E-state index is 13.1. The van der Waals surface area contributed by atoms with Crippen molar-refractivity contribution in [3.63, 3.8) is 0 Å². The highest BCUT2D eigenvalue weighted by Gasteiger charge is 2.34. The van der Waals surface area contributed by atoms with Gasteiger partial charge in [-0.05, 0) is 23.8 Å². The molecule has 1 saturated heterocycles. The van der Waals surface area contributed by atoms with Crippen LogP contribution in [0.3, 0.4) is 0 Å². The molecule has 1 amide bonds. The molecular formula is C19H22N6O4S. The van der Waals surface area contributed by atoms with Crippen LogP contribution in [0.5, 0.6) is 0 Å². The van der Waals surface area contributed by atoms with Gasteiger partial charge in [-0.2, -0.15) is 5.10 Å². The second-order valence-corrected chi connectivity index (χ2v) is 9.38. The van der Waals surface area contributed by atoms with E-state index in [1.54, 1.807) is 36.1 Å². The molecule has 3 aromatic rings. The molecule has 11 heteroatoms. The van der Waals surface area contributed by atoms with Gasteiger partial charge in [-0.25, -0.2) is 13.8 Å². The summed E-state index contributed by atoms with van der Waals surface area (Å²) in [6.07, 6.45) is 4.83. The quantitative estimate of drug-likeness (QED) is 0.580. The largest absolute Gasteiger partial charge is 0.378 e. The Labute approximate surface area is 174 Å². The van der Waals surface area contributed by atoms with Gasteiger partial charge in [0, 0.05) is 39.1 Å². The number of amides is 1. The van der Waals surface area contributed by atoms with E-state index in [4.69, 9.17) is 4.74 Å². The summed E-state index contributed by atoms with van der Waals surface area (Å²) in [6, 6.07) is 5.35. The van der Waals surface area contributed by atoms with E-state index < -0.39 is 10.8 Å². The SMILES string of the molecule is CN1Cc2cc(NC(=O)c3cnn4cccnc34)c(N3CCOCC3)cc2S1(O)O. The number of aromatic nitrogens is 3. The molecule has 0 atom stereocenters. The van der Waals surface area contributed by atoms with E-state index in [1.807, 2.05) is 6.07 Å². The molecule has 0 radical (unpaired) electrons. The summed E-state index contributed by atoms with van der Waals surface area (Å²) >= 11 is 0. The number of hydrogen-bond acceptors (Lipinski definition) is 8. The predicted molar refractivity (Wildman–Crippen MR) is 113 cm³/mol. The van der Waals surface area contributed by atoms with Crippen molar-refractivity contribution < 1.29 is 18.6 Å². The maximum atomic E-state index is 13.1. The molecule has 0 bridgehead atoms. The number of carbonyl (C=O) groups is 1. The number of benzene rings is 1. The Morgan fingerprint density at radius 3 is 2.87 bits per heavy atom. The zero-order valence-electron chi connectivity index (χ0n) is 16.4. The Bertz CT molecular complexity index is 1130. The third-order valence-corrected chi connectivity index (χ3v) is 7.39. The van der Waals surface area contributed by atoms with Crippen molar-refractivity contribution in [2.24, 2.45) is 0 Å². The first-order valence-electron chi connectivity index (χ1n) is 9.54. The Hall–Kier alpha value is -2.70. The van der Waals surface area contributed by atoms with E-state index >= 15 is 0 Å². The minimum Gasteiger partial charge on any atom is -0.378 e. The zero-order chi connectivity index (χ0) is 20.9. The molecule has 1 fully saturated rings. The van der Waals surface area contributed by atoms with Crippen molar-refractivity contribution in [1.29, 1.82) is 0 Å². The first kappa shape index (κ1) is 19.3. The molecule has 158 valence electrons. The van der Waals surface area contributed by atoms with Crippen LogP contribution in [-0.2, 0) is 11.3 Å². The van der Waals surface area contributed by atoms with Crippen LogP contribution in [0.2, 0.25) is 0 Å². The van der Waals surface area contributed by atoms with Crippen LogP contribution in [0.15, 0.2) is 41.7 Å². The number of carbonyl (C=O) groups excluding carboxylic acids is 1. The second kappa shape index (κ2) is 7.22. The van der Waals surface area contributed by atoms with E-state index in [9.17, 15) is 13.9 Å². The highest BCUT2D eigenvalue weighted by molar-refractivity contribution is 8.22. The van der Waals surface area contributed by atoms with Gasteiger partial charge in [0.2, 0.25) is 0 Å². The van der Waals surface area contributed by atoms with Crippen LogP contribution in [0.4, 0.5) is 11.4 Å². The molecular weight excluding hydrogens is 408 g/mol. The lowest BCUT2D eigenvalue weighted by atomic mass is 10.1. The zero-order valence-corrected chi connectivity index (χ0v) is 17.2. The van der Waals surface area contributed by atoms with Gasteiger partial charge in [-0.1, -0.05) is 0 Å². The van der Waals surface area contributed by atoms with E-state index in [1.165, 1.54) is 10.5 Å². The van der Waals surface area contributed by atoms with Gasteiger partial charge in [-0.15, -0.1) is 10.8 Å². The molecule has 2 aromatic heterocycles. The summed E-state index contributed by atoms with van der Waals surface area (Å²) in [6.45, 7) is 2.82. The average Bonchev–Trinajstić information content (AvgIpc) is 3.27. The maximum Gasteiger partial charge on any atom is 0.261 e. The van der Waals surface area contributed by atoms with Crippen LogP contribution >= 0.6 is 10.8 Å². The third-order valence-electron chi connectivity index (χ3n) is 5.43. The molecule has 2 aliphatic heterocycles. The van der Waals surface area contributed by atoms with E-state index in [0.29, 0.717) is 54.6 Å². The third kappa shape index (κ3) is 3.11. The van der Waals surface area contributed by atoms with Crippen molar-refractivity contribution in [3.05, 3.63) is 47.9 Å². The van der Waals surface area contributed by atoms with Crippen molar-refractivity contribution >= 4 is 33.7 Å². The predicted octanol–water partition coefficient (Wildman–Crippen LogP) is 2.29. The highest BCUT2D eigenvalue weighted by Crippen LogP contribution is 2.59. The normalized spacial score (nSPS) is 19.6. The Morgan fingerprint density at radius 1 is 1.27 bits per heavy atom. The van der Waals surface area contributed by atoms with Crippen LogP contribution in [0, 0.1) is 0 Å². The van der Waals surface area contributed by atoms with Crippen LogP contribution in [0.25, 0.3) is 5.65 Å². The van der Waals surface area contributed by atoms with Gasteiger partial charge >= 0.3 is 0 Å². The summed E-state index contributed by atoms with van der Waals surface area (Å²) in [4.78, 5) is 19.9. The van der Waals surface area contributed by atoms with E-state index in [2.05, 4.69) is 20.3 Å². The summed E-state index contributed by atoms with van der Waals surface area (Å²) in [5, 5.41) is 7.16.